The van der Waals surface area contributed by atoms with Gasteiger partial charge >= 0.3 is 0 Å². The molecule has 0 saturated heterocycles. The van der Waals surface area contributed by atoms with Gasteiger partial charge in [-0.1, -0.05) is 47.3 Å². The maximum Gasteiger partial charge on any atom is 0.265 e. The van der Waals surface area contributed by atoms with Crippen LogP contribution in [0.1, 0.15) is 44.6 Å². The van der Waals surface area contributed by atoms with Crippen molar-refractivity contribution in [2.24, 2.45) is 0 Å². The van der Waals surface area contributed by atoms with Crippen LogP contribution in [0.25, 0.3) is 0 Å². The first kappa shape index (κ1) is 35.9. The zero-order valence-corrected chi connectivity index (χ0v) is 29.7. The van der Waals surface area contributed by atoms with Crippen molar-refractivity contribution in [2.45, 2.75) is 62.6 Å². The standard InChI is InChI=1S/C34H42BrN3O8S/c1-23(34(40)36-26-12-7-6-8-13-26)37(21-24-10-9-11-25(35)18-24)33(39)22-38(29-19-27(43-2)14-16-30(29)44-3)47(41,42)28-15-17-31(45-4)32(20-28)46-5/h9-11,14-20,23,26H,6-8,12-13,21-22H2,1-5H3,(H,36,40)/t23-/m0/s1. The van der Waals surface area contributed by atoms with Crippen molar-refractivity contribution in [3.63, 3.8) is 0 Å². The van der Waals surface area contributed by atoms with Crippen LogP contribution >= 0.6 is 15.9 Å². The van der Waals surface area contributed by atoms with Crippen molar-refractivity contribution in [3.8, 4) is 23.0 Å². The fraction of sp³-hybridized carbons (Fsp3) is 0.412. The number of methoxy groups -OCH3 is 4. The smallest absolute Gasteiger partial charge is 0.265 e. The minimum Gasteiger partial charge on any atom is -0.497 e. The van der Waals surface area contributed by atoms with Crippen LogP contribution in [0, 0.1) is 0 Å². The van der Waals surface area contributed by atoms with Gasteiger partial charge in [0.05, 0.1) is 39.0 Å². The zero-order valence-electron chi connectivity index (χ0n) is 27.3. The van der Waals surface area contributed by atoms with E-state index in [1.807, 2.05) is 24.3 Å². The lowest BCUT2D eigenvalue weighted by molar-refractivity contribution is -0.139. The van der Waals surface area contributed by atoms with Crippen LogP contribution in [0.2, 0.25) is 0 Å². The number of ether oxygens (including phenoxy) is 4. The van der Waals surface area contributed by atoms with Crippen LogP contribution in [0.15, 0.2) is 70.0 Å². The molecule has 0 heterocycles. The molecule has 0 unspecified atom stereocenters. The van der Waals surface area contributed by atoms with Crippen molar-refractivity contribution in [1.82, 2.24) is 10.2 Å². The van der Waals surface area contributed by atoms with Gasteiger partial charge in [0.1, 0.15) is 24.1 Å². The first-order valence-corrected chi connectivity index (χ1v) is 17.6. The molecular formula is C34H42BrN3O8S. The molecule has 3 aromatic rings. The van der Waals surface area contributed by atoms with Gasteiger partial charge in [0.25, 0.3) is 10.0 Å². The number of amides is 2. The van der Waals surface area contributed by atoms with Crippen molar-refractivity contribution in [3.05, 3.63) is 70.7 Å². The maximum atomic E-state index is 14.5. The Balaban J connectivity index is 1.78. The highest BCUT2D eigenvalue weighted by Gasteiger charge is 2.35. The summed E-state index contributed by atoms with van der Waals surface area (Å²) in [6, 6.07) is 15.4. The number of carbonyl (C=O) groups excluding carboxylic acids is 2. The SMILES string of the molecule is COc1ccc(OC)c(N(CC(=O)N(Cc2cccc(Br)c2)[C@@H](C)C(=O)NC2CCCCC2)S(=O)(=O)c2ccc(OC)c(OC)c2)c1. The van der Waals surface area contributed by atoms with E-state index in [-0.39, 0.29) is 40.6 Å². The van der Waals surface area contributed by atoms with E-state index in [4.69, 9.17) is 18.9 Å². The molecule has 0 radical (unpaired) electrons. The van der Waals surface area contributed by atoms with Crippen LogP contribution in [-0.2, 0) is 26.2 Å². The molecule has 0 spiro atoms. The van der Waals surface area contributed by atoms with Gasteiger partial charge in [0.2, 0.25) is 11.8 Å². The molecule has 1 atom stereocenters. The Bertz CT molecular complexity index is 1660. The van der Waals surface area contributed by atoms with E-state index >= 15 is 0 Å². The second kappa shape index (κ2) is 16.2. The van der Waals surface area contributed by atoms with Crippen LogP contribution in [0.4, 0.5) is 5.69 Å². The molecule has 0 bridgehead atoms. The number of nitrogens with zero attached hydrogens (tertiary/aromatic N) is 2. The number of sulfonamides is 1. The minimum absolute atomic E-state index is 0.0319. The second-order valence-electron chi connectivity index (χ2n) is 11.2. The fourth-order valence-electron chi connectivity index (χ4n) is 5.59. The summed E-state index contributed by atoms with van der Waals surface area (Å²) in [7, 11) is 1.27. The van der Waals surface area contributed by atoms with E-state index in [1.165, 1.54) is 57.6 Å². The fourth-order valence-corrected chi connectivity index (χ4v) is 7.47. The van der Waals surface area contributed by atoms with Gasteiger partial charge < -0.3 is 29.2 Å². The van der Waals surface area contributed by atoms with Gasteiger partial charge in [-0.2, -0.15) is 0 Å². The summed E-state index contributed by atoms with van der Waals surface area (Å²) in [4.78, 5) is 29.3. The summed E-state index contributed by atoms with van der Waals surface area (Å²) in [5, 5.41) is 3.11. The number of hydrogen-bond acceptors (Lipinski definition) is 8. The summed E-state index contributed by atoms with van der Waals surface area (Å²) >= 11 is 3.48. The summed E-state index contributed by atoms with van der Waals surface area (Å²) in [6.07, 6.45) is 4.96. The molecule has 47 heavy (non-hydrogen) atoms. The summed E-state index contributed by atoms with van der Waals surface area (Å²) in [5.74, 6) is 0.197. The first-order chi connectivity index (χ1) is 22.5. The number of rotatable bonds is 14. The van der Waals surface area contributed by atoms with Crippen molar-refractivity contribution >= 4 is 43.5 Å². The summed E-state index contributed by atoms with van der Waals surface area (Å²) in [5.41, 5.74) is 0.843. The van der Waals surface area contributed by atoms with Gasteiger partial charge in [0.15, 0.2) is 11.5 Å². The minimum atomic E-state index is -4.44. The van der Waals surface area contributed by atoms with Gasteiger partial charge in [-0.15, -0.1) is 0 Å². The van der Waals surface area contributed by atoms with Crippen molar-refractivity contribution in [1.29, 1.82) is 0 Å². The third-order valence-electron chi connectivity index (χ3n) is 8.24. The topological polar surface area (TPSA) is 124 Å². The number of benzene rings is 3. The van der Waals surface area contributed by atoms with E-state index < -0.39 is 28.5 Å². The number of anilines is 1. The maximum absolute atomic E-state index is 14.5. The molecule has 1 saturated carbocycles. The highest BCUT2D eigenvalue weighted by molar-refractivity contribution is 9.10. The summed E-state index contributed by atoms with van der Waals surface area (Å²) < 4.78 is 52.4. The van der Waals surface area contributed by atoms with E-state index in [0.717, 1.165) is 46.4 Å². The number of nitrogens with one attached hydrogen (secondary N) is 1. The average molecular weight is 733 g/mol. The molecule has 0 aliphatic heterocycles. The second-order valence-corrected chi connectivity index (χ2v) is 14.0. The Morgan fingerprint density at radius 1 is 0.872 bits per heavy atom. The number of hydrogen-bond donors (Lipinski definition) is 1. The third-order valence-corrected chi connectivity index (χ3v) is 10.5. The average Bonchev–Trinajstić information content (AvgIpc) is 3.08. The molecule has 1 aliphatic rings. The molecule has 1 aliphatic carbocycles. The molecule has 1 N–H and O–H groups in total. The van der Waals surface area contributed by atoms with Gasteiger partial charge in [0, 0.05) is 29.2 Å². The quantitative estimate of drug-likeness (QED) is 0.229. The van der Waals surface area contributed by atoms with E-state index in [0.29, 0.717) is 11.5 Å². The lowest BCUT2D eigenvalue weighted by Gasteiger charge is -2.33. The predicted molar refractivity (Wildman–Crippen MR) is 183 cm³/mol. The lowest BCUT2D eigenvalue weighted by Crippen LogP contribution is -2.53. The molecule has 13 heteroatoms. The van der Waals surface area contributed by atoms with E-state index in [2.05, 4.69) is 21.2 Å². The molecule has 0 aromatic heterocycles. The Labute approximate surface area is 285 Å². The monoisotopic (exact) mass is 731 g/mol. The van der Waals surface area contributed by atoms with Gasteiger partial charge in [-0.05, 0) is 61.7 Å². The summed E-state index contributed by atoms with van der Waals surface area (Å²) in [6.45, 7) is 1.08. The molecule has 11 nitrogen and oxygen atoms in total. The predicted octanol–water partition coefficient (Wildman–Crippen LogP) is 5.55. The molecule has 1 fully saturated rings. The Hall–Kier alpha value is -3.97. The highest BCUT2D eigenvalue weighted by Crippen LogP contribution is 2.38. The molecule has 2 amide bonds. The van der Waals surface area contributed by atoms with E-state index in [1.54, 1.807) is 19.1 Å². The molecule has 4 rings (SSSR count). The number of carbonyl (C=O) groups is 2. The lowest BCUT2D eigenvalue weighted by atomic mass is 9.95. The van der Waals surface area contributed by atoms with Crippen LogP contribution < -0.4 is 28.6 Å². The normalized spacial score (nSPS) is 14.1. The van der Waals surface area contributed by atoms with Crippen molar-refractivity contribution in [2.75, 3.05) is 39.3 Å². The van der Waals surface area contributed by atoms with Crippen molar-refractivity contribution < 1.29 is 37.0 Å². The van der Waals surface area contributed by atoms with E-state index in [9.17, 15) is 18.0 Å². The molecule has 254 valence electrons. The van der Waals surface area contributed by atoms with Gasteiger partial charge in [-0.3, -0.25) is 13.9 Å². The molecule has 3 aromatic carbocycles. The number of halogens is 1. The Morgan fingerprint density at radius 3 is 2.19 bits per heavy atom. The highest BCUT2D eigenvalue weighted by atomic mass is 79.9. The first-order valence-electron chi connectivity index (χ1n) is 15.3. The zero-order chi connectivity index (χ0) is 34.1. The van der Waals surface area contributed by atoms with Crippen LogP contribution in [-0.4, -0.2) is 72.2 Å². The Kier molecular flexibility index (Phi) is 12.4. The Morgan fingerprint density at radius 2 is 1.55 bits per heavy atom. The van der Waals surface area contributed by atoms with Crippen LogP contribution in [0.5, 0.6) is 23.0 Å². The van der Waals surface area contributed by atoms with Crippen LogP contribution in [0.3, 0.4) is 0 Å². The largest absolute Gasteiger partial charge is 0.497 e. The third kappa shape index (κ3) is 8.69. The molecular weight excluding hydrogens is 690 g/mol. The van der Waals surface area contributed by atoms with Gasteiger partial charge in [-0.25, -0.2) is 8.42 Å².